The van der Waals surface area contributed by atoms with Gasteiger partial charge in [-0.15, -0.1) is 0 Å². The third-order valence-electron chi connectivity index (χ3n) is 4.34. The number of piperazine rings is 1. The van der Waals surface area contributed by atoms with E-state index in [0.717, 1.165) is 12.8 Å². The second-order valence-electron chi connectivity index (χ2n) is 6.62. The Kier molecular flexibility index (Phi) is 5.88. The van der Waals surface area contributed by atoms with Crippen molar-refractivity contribution in [1.82, 2.24) is 9.80 Å². The number of ether oxygens (including phenoxy) is 1. The molecule has 1 aliphatic carbocycles. The minimum atomic E-state index is -0.242. The van der Waals surface area contributed by atoms with Gasteiger partial charge in [-0.05, 0) is 18.8 Å². The Bertz CT molecular complexity index is 357. The molecule has 0 aromatic carbocycles. The molecule has 1 saturated carbocycles. The average molecular weight is 296 g/mol. The summed E-state index contributed by atoms with van der Waals surface area (Å²) in [5.41, 5.74) is 0. The molecular formula is C16H28N2O3. The summed E-state index contributed by atoms with van der Waals surface area (Å²) < 4.78 is 5.24. The summed E-state index contributed by atoms with van der Waals surface area (Å²) in [4.78, 5) is 28.0. The quantitative estimate of drug-likeness (QED) is 0.804. The van der Waals surface area contributed by atoms with Gasteiger partial charge in [-0.2, -0.15) is 0 Å². The fourth-order valence-electron chi connectivity index (χ4n) is 3.05. The summed E-state index contributed by atoms with van der Waals surface area (Å²) in [6.07, 6.45) is 5.45. The summed E-state index contributed by atoms with van der Waals surface area (Å²) in [6.45, 7) is 6.98. The van der Waals surface area contributed by atoms with Crippen molar-refractivity contribution in [1.29, 1.82) is 0 Å². The maximum Gasteiger partial charge on any atom is 0.409 e. The molecule has 5 nitrogen and oxygen atoms in total. The van der Waals surface area contributed by atoms with Crippen LogP contribution in [0.5, 0.6) is 0 Å². The first kappa shape index (κ1) is 16.1. The second kappa shape index (κ2) is 7.66. The minimum Gasteiger partial charge on any atom is -0.449 e. The molecule has 0 radical (unpaired) electrons. The van der Waals surface area contributed by atoms with Crippen LogP contribution < -0.4 is 0 Å². The van der Waals surface area contributed by atoms with Gasteiger partial charge >= 0.3 is 6.09 Å². The SMILES string of the molecule is CC(C)COC(=O)N1CCN(C(=O)C2CCCCC2)CC1. The Morgan fingerprint density at radius 3 is 2.14 bits per heavy atom. The molecule has 1 heterocycles. The smallest absolute Gasteiger partial charge is 0.409 e. The third-order valence-corrected chi connectivity index (χ3v) is 4.34. The van der Waals surface area contributed by atoms with E-state index in [1.807, 2.05) is 18.7 Å². The molecular weight excluding hydrogens is 268 g/mol. The van der Waals surface area contributed by atoms with Gasteiger partial charge in [-0.25, -0.2) is 4.79 Å². The first-order chi connectivity index (χ1) is 10.1. The average Bonchev–Trinajstić information content (AvgIpc) is 2.53. The Hall–Kier alpha value is -1.26. The van der Waals surface area contributed by atoms with E-state index in [0.29, 0.717) is 44.6 Å². The van der Waals surface area contributed by atoms with Gasteiger partial charge < -0.3 is 14.5 Å². The fourth-order valence-corrected chi connectivity index (χ4v) is 3.05. The van der Waals surface area contributed by atoms with Gasteiger partial charge in [0.25, 0.3) is 0 Å². The number of carbonyl (C=O) groups excluding carboxylic acids is 2. The maximum atomic E-state index is 12.4. The highest BCUT2D eigenvalue weighted by molar-refractivity contribution is 5.79. The van der Waals surface area contributed by atoms with Crippen molar-refractivity contribution in [2.75, 3.05) is 32.8 Å². The van der Waals surface area contributed by atoms with E-state index < -0.39 is 0 Å². The molecule has 0 unspecified atom stereocenters. The molecule has 21 heavy (non-hydrogen) atoms. The molecule has 0 N–H and O–H groups in total. The van der Waals surface area contributed by atoms with E-state index in [-0.39, 0.29) is 12.0 Å². The molecule has 0 atom stereocenters. The largest absolute Gasteiger partial charge is 0.449 e. The highest BCUT2D eigenvalue weighted by Gasteiger charge is 2.30. The lowest BCUT2D eigenvalue weighted by Crippen LogP contribution is -2.52. The topological polar surface area (TPSA) is 49.9 Å². The zero-order chi connectivity index (χ0) is 15.2. The van der Waals surface area contributed by atoms with Crippen LogP contribution in [0.2, 0.25) is 0 Å². The fraction of sp³-hybridized carbons (Fsp3) is 0.875. The number of hydrogen-bond donors (Lipinski definition) is 0. The summed E-state index contributed by atoms with van der Waals surface area (Å²) in [5, 5.41) is 0. The molecule has 1 aliphatic heterocycles. The second-order valence-corrected chi connectivity index (χ2v) is 6.62. The van der Waals surface area contributed by atoms with Crippen LogP contribution in [0, 0.1) is 11.8 Å². The lowest BCUT2D eigenvalue weighted by Gasteiger charge is -2.36. The highest BCUT2D eigenvalue weighted by atomic mass is 16.6. The Labute approximate surface area is 127 Å². The Morgan fingerprint density at radius 1 is 1.00 bits per heavy atom. The Morgan fingerprint density at radius 2 is 1.57 bits per heavy atom. The van der Waals surface area contributed by atoms with Crippen LogP contribution in [0.15, 0.2) is 0 Å². The van der Waals surface area contributed by atoms with Gasteiger partial charge in [0.1, 0.15) is 0 Å². The summed E-state index contributed by atoms with van der Waals surface area (Å²) >= 11 is 0. The van der Waals surface area contributed by atoms with Crippen LogP contribution >= 0.6 is 0 Å². The first-order valence-corrected chi connectivity index (χ1v) is 8.28. The van der Waals surface area contributed by atoms with E-state index in [1.165, 1.54) is 19.3 Å². The number of amides is 2. The molecule has 2 amide bonds. The summed E-state index contributed by atoms with van der Waals surface area (Å²) in [6, 6.07) is 0. The van der Waals surface area contributed by atoms with Crippen LogP contribution in [0.4, 0.5) is 4.79 Å². The molecule has 1 saturated heterocycles. The van der Waals surface area contributed by atoms with Crippen molar-refractivity contribution in [2.24, 2.45) is 11.8 Å². The molecule has 2 fully saturated rings. The molecule has 0 aromatic rings. The maximum absolute atomic E-state index is 12.4. The van der Waals surface area contributed by atoms with Crippen LogP contribution in [0.3, 0.4) is 0 Å². The van der Waals surface area contributed by atoms with E-state index >= 15 is 0 Å². The molecule has 2 rings (SSSR count). The molecule has 0 aromatic heterocycles. The molecule has 2 aliphatic rings. The monoisotopic (exact) mass is 296 g/mol. The minimum absolute atomic E-state index is 0.221. The predicted octanol–water partition coefficient (Wildman–Crippen LogP) is 2.50. The first-order valence-electron chi connectivity index (χ1n) is 8.28. The zero-order valence-electron chi connectivity index (χ0n) is 13.3. The van der Waals surface area contributed by atoms with Crippen molar-refractivity contribution in [3.05, 3.63) is 0 Å². The molecule has 120 valence electrons. The zero-order valence-corrected chi connectivity index (χ0v) is 13.3. The van der Waals surface area contributed by atoms with E-state index in [1.54, 1.807) is 4.90 Å². The lowest BCUT2D eigenvalue weighted by molar-refractivity contribution is -0.138. The van der Waals surface area contributed by atoms with Crippen LogP contribution in [0.25, 0.3) is 0 Å². The number of carbonyl (C=O) groups is 2. The van der Waals surface area contributed by atoms with Crippen molar-refractivity contribution < 1.29 is 14.3 Å². The van der Waals surface area contributed by atoms with Gasteiger partial charge in [0.15, 0.2) is 0 Å². The van der Waals surface area contributed by atoms with Crippen molar-refractivity contribution >= 4 is 12.0 Å². The molecule has 0 spiro atoms. The highest BCUT2D eigenvalue weighted by Crippen LogP contribution is 2.25. The van der Waals surface area contributed by atoms with Gasteiger partial charge in [0.2, 0.25) is 5.91 Å². The number of nitrogens with zero attached hydrogens (tertiary/aromatic N) is 2. The van der Waals surface area contributed by atoms with Gasteiger partial charge in [0.05, 0.1) is 6.61 Å². The normalized spacial score (nSPS) is 20.7. The Balaban J connectivity index is 1.74. The summed E-state index contributed by atoms with van der Waals surface area (Å²) in [5.74, 6) is 0.867. The van der Waals surface area contributed by atoms with Gasteiger partial charge in [-0.1, -0.05) is 33.1 Å². The van der Waals surface area contributed by atoms with Crippen molar-refractivity contribution in [2.45, 2.75) is 46.0 Å². The van der Waals surface area contributed by atoms with Crippen molar-refractivity contribution in [3.63, 3.8) is 0 Å². The third kappa shape index (κ3) is 4.61. The lowest BCUT2D eigenvalue weighted by atomic mass is 9.88. The number of rotatable bonds is 3. The van der Waals surface area contributed by atoms with E-state index in [9.17, 15) is 9.59 Å². The van der Waals surface area contributed by atoms with E-state index in [4.69, 9.17) is 4.74 Å². The van der Waals surface area contributed by atoms with Gasteiger partial charge in [0, 0.05) is 32.1 Å². The van der Waals surface area contributed by atoms with Crippen LogP contribution in [-0.2, 0) is 9.53 Å². The standard InChI is InChI=1S/C16H28N2O3/c1-13(2)12-21-16(20)18-10-8-17(9-11-18)15(19)14-6-4-3-5-7-14/h13-14H,3-12H2,1-2H3. The van der Waals surface area contributed by atoms with Crippen LogP contribution in [-0.4, -0.2) is 54.6 Å². The number of hydrogen-bond acceptors (Lipinski definition) is 3. The summed E-state index contributed by atoms with van der Waals surface area (Å²) in [7, 11) is 0. The molecule has 5 heteroatoms. The van der Waals surface area contributed by atoms with Crippen LogP contribution in [0.1, 0.15) is 46.0 Å². The predicted molar refractivity (Wildman–Crippen MR) is 80.9 cm³/mol. The van der Waals surface area contributed by atoms with Gasteiger partial charge in [-0.3, -0.25) is 4.79 Å². The molecule has 0 bridgehead atoms. The van der Waals surface area contributed by atoms with E-state index in [2.05, 4.69) is 0 Å². The van der Waals surface area contributed by atoms with Crippen molar-refractivity contribution in [3.8, 4) is 0 Å².